The summed E-state index contributed by atoms with van der Waals surface area (Å²) in [6.45, 7) is 0. The van der Waals surface area contributed by atoms with Crippen molar-refractivity contribution in [3.63, 3.8) is 0 Å². The number of anilines is 1. The number of thioether (sulfide) groups is 1. The molecular weight excluding hydrogens is 270 g/mol. The summed E-state index contributed by atoms with van der Waals surface area (Å²) >= 11 is 7.85. The second-order valence-corrected chi connectivity index (χ2v) is 5.40. The lowest BCUT2D eigenvalue weighted by Crippen LogP contribution is -2.05. The lowest BCUT2D eigenvalue weighted by Gasteiger charge is -2.08. The molecule has 0 amide bonds. The Morgan fingerprint density at radius 3 is 2.89 bits per heavy atom. The number of rotatable bonds is 2. The van der Waals surface area contributed by atoms with Crippen molar-refractivity contribution in [2.75, 3.05) is 12.4 Å². The van der Waals surface area contributed by atoms with Gasteiger partial charge in [0.05, 0.1) is 11.9 Å². The van der Waals surface area contributed by atoms with Crippen LogP contribution in [0.4, 0.5) is 5.82 Å². The fourth-order valence-corrected chi connectivity index (χ4v) is 3.12. The van der Waals surface area contributed by atoms with Crippen LogP contribution in [-0.4, -0.2) is 26.6 Å². The molecule has 94 valence electrons. The maximum atomic E-state index is 6.00. The minimum Gasteiger partial charge on any atom is -0.373 e. The van der Waals surface area contributed by atoms with Gasteiger partial charge in [0.2, 0.25) is 0 Å². The maximum absolute atomic E-state index is 6.00. The summed E-state index contributed by atoms with van der Waals surface area (Å²) in [5.74, 6) is 4.09. The molecule has 3 rings (SSSR count). The van der Waals surface area contributed by atoms with Crippen molar-refractivity contribution < 1.29 is 0 Å². The Balaban J connectivity index is 2.16. The Morgan fingerprint density at radius 2 is 2.22 bits per heavy atom. The van der Waals surface area contributed by atoms with Gasteiger partial charge in [-0.2, -0.15) is 11.8 Å². The first-order valence-corrected chi connectivity index (χ1v) is 7.07. The molecule has 1 aliphatic rings. The van der Waals surface area contributed by atoms with Crippen LogP contribution >= 0.6 is 23.4 Å². The van der Waals surface area contributed by atoms with Gasteiger partial charge in [0.15, 0.2) is 11.6 Å². The highest BCUT2D eigenvalue weighted by atomic mass is 35.5. The number of hydrogen-bond donors (Lipinski definition) is 1. The van der Waals surface area contributed by atoms with Crippen LogP contribution in [0.25, 0.3) is 11.6 Å². The van der Waals surface area contributed by atoms with E-state index in [0.29, 0.717) is 16.8 Å². The monoisotopic (exact) mass is 281 g/mol. The van der Waals surface area contributed by atoms with Crippen molar-refractivity contribution in [1.82, 2.24) is 19.5 Å². The molecule has 0 spiro atoms. The van der Waals surface area contributed by atoms with Crippen molar-refractivity contribution in [3.05, 3.63) is 22.6 Å². The van der Waals surface area contributed by atoms with Gasteiger partial charge in [-0.05, 0) is 0 Å². The SMILES string of the molecule is CNc1nc(-c2ncc(Cl)n2C)nc2c1CSC2. The summed E-state index contributed by atoms with van der Waals surface area (Å²) in [5.41, 5.74) is 2.29. The molecule has 3 heterocycles. The molecular formula is C11H12ClN5S. The van der Waals surface area contributed by atoms with Crippen molar-refractivity contribution >= 4 is 29.2 Å². The molecule has 0 fully saturated rings. The van der Waals surface area contributed by atoms with E-state index in [4.69, 9.17) is 11.6 Å². The van der Waals surface area contributed by atoms with E-state index in [2.05, 4.69) is 20.3 Å². The number of hydrogen-bond acceptors (Lipinski definition) is 5. The Bertz CT molecular complexity index is 610. The molecule has 0 atom stereocenters. The molecule has 0 saturated heterocycles. The molecule has 0 aromatic carbocycles. The van der Waals surface area contributed by atoms with Crippen LogP contribution in [0.2, 0.25) is 5.15 Å². The molecule has 0 radical (unpaired) electrons. The van der Waals surface area contributed by atoms with E-state index in [9.17, 15) is 0 Å². The average Bonchev–Trinajstić information content (AvgIpc) is 2.96. The van der Waals surface area contributed by atoms with E-state index in [1.807, 2.05) is 25.9 Å². The normalized spacial score (nSPS) is 13.7. The third kappa shape index (κ3) is 1.76. The number of aromatic nitrogens is 4. The highest BCUT2D eigenvalue weighted by Crippen LogP contribution is 2.34. The van der Waals surface area contributed by atoms with E-state index in [-0.39, 0.29) is 0 Å². The van der Waals surface area contributed by atoms with Crippen molar-refractivity contribution in [2.24, 2.45) is 7.05 Å². The van der Waals surface area contributed by atoms with Crippen LogP contribution in [0.5, 0.6) is 0 Å². The zero-order valence-corrected chi connectivity index (χ0v) is 11.6. The number of imidazole rings is 1. The average molecular weight is 282 g/mol. The summed E-state index contributed by atoms with van der Waals surface area (Å²) in [4.78, 5) is 13.4. The van der Waals surface area contributed by atoms with Crippen LogP contribution in [0, 0.1) is 0 Å². The van der Waals surface area contributed by atoms with Crippen LogP contribution < -0.4 is 5.32 Å². The number of fused-ring (bicyclic) bond motifs is 1. The predicted molar refractivity (Wildman–Crippen MR) is 73.8 cm³/mol. The van der Waals surface area contributed by atoms with Gasteiger partial charge in [-0.1, -0.05) is 11.6 Å². The third-order valence-electron chi connectivity index (χ3n) is 2.95. The van der Waals surface area contributed by atoms with Crippen LogP contribution in [0.15, 0.2) is 6.20 Å². The zero-order valence-electron chi connectivity index (χ0n) is 10.1. The largest absolute Gasteiger partial charge is 0.373 e. The molecule has 0 aliphatic carbocycles. The molecule has 5 nitrogen and oxygen atoms in total. The van der Waals surface area contributed by atoms with E-state index in [1.165, 1.54) is 5.56 Å². The smallest absolute Gasteiger partial charge is 0.198 e. The van der Waals surface area contributed by atoms with Crippen molar-refractivity contribution in [3.8, 4) is 11.6 Å². The highest BCUT2D eigenvalue weighted by molar-refractivity contribution is 7.98. The van der Waals surface area contributed by atoms with Crippen LogP contribution in [0.1, 0.15) is 11.3 Å². The molecule has 2 aromatic heterocycles. The first kappa shape index (κ1) is 11.8. The summed E-state index contributed by atoms with van der Waals surface area (Å²) in [6.07, 6.45) is 1.61. The maximum Gasteiger partial charge on any atom is 0.198 e. The van der Waals surface area contributed by atoms with E-state index >= 15 is 0 Å². The van der Waals surface area contributed by atoms with Gasteiger partial charge in [0.25, 0.3) is 0 Å². The summed E-state index contributed by atoms with van der Waals surface area (Å²) < 4.78 is 1.78. The predicted octanol–water partition coefficient (Wildman–Crippen LogP) is 2.32. The summed E-state index contributed by atoms with van der Waals surface area (Å²) in [7, 11) is 3.73. The first-order valence-electron chi connectivity index (χ1n) is 5.53. The number of halogens is 1. The minimum absolute atomic E-state index is 0.578. The fourth-order valence-electron chi connectivity index (χ4n) is 1.95. The second kappa shape index (κ2) is 4.44. The van der Waals surface area contributed by atoms with Gasteiger partial charge in [-0.15, -0.1) is 0 Å². The lowest BCUT2D eigenvalue weighted by atomic mass is 10.2. The topological polar surface area (TPSA) is 55.6 Å². The Kier molecular flexibility index (Phi) is 2.91. The Morgan fingerprint density at radius 1 is 1.39 bits per heavy atom. The van der Waals surface area contributed by atoms with Gasteiger partial charge in [-0.3, -0.25) is 0 Å². The van der Waals surface area contributed by atoms with Crippen molar-refractivity contribution in [2.45, 2.75) is 11.5 Å². The number of nitrogens with zero attached hydrogens (tertiary/aromatic N) is 4. The molecule has 0 bridgehead atoms. The standard InChI is InChI=1S/C11H12ClN5S/c1-13-9-6-4-18-5-7(6)15-10(16-9)11-14-3-8(12)17(11)2/h3H,4-5H2,1-2H3,(H,13,15,16). The molecule has 7 heteroatoms. The molecule has 2 aromatic rings. The van der Waals surface area contributed by atoms with Crippen LogP contribution in [-0.2, 0) is 18.6 Å². The summed E-state index contributed by atoms with van der Waals surface area (Å²) in [5, 5.41) is 3.71. The zero-order chi connectivity index (χ0) is 12.7. The summed E-state index contributed by atoms with van der Waals surface area (Å²) in [6, 6.07) is 0. The molecule has 1 aliphatic heterocycles. The molecule has 0 unspecified atom stereocenters. The van der Waals surface area contributed by atoms with Gasteiger partial charge in [0.1, 0.15) is 11.0 Å². The van der Waals surface area contributed by atoms with Crippen LogP contribution in [0.3, 0.4) is 0 Å². The molecule has 1 N–H and O–H groups in total. The lowest BCUT2D eigenvalue weighted by molar-refractivity contribution is 0.901. The van der Waals surface area contributed by atoms with E-state index < -0.39 is 0 Å². The number of nitrogens with one attached hydrogen (secondary N) is 1. The second-order valence-electron chi connectivity index (χ2n) is 4.03. The van der Waals surface area contributed by atoms with Gasteiger partial charge in [-0.25, -0.2) is 15.0 Å². The van der Waals surface area contributed by atoms with E-state index in [0.717, 1.165) is 23.0 Å². The molecule has 0 saturated carbocycles. The van der Waals surface area contributed by atoms with Gasteiger partial charge >= 0.3 is 0 Å². The minimum atomic E-state index is 0.578. The van der Waals surface area contributed by atoms with Crippen molar-refractivity contribution in [1.29, 1.82) is 0 Å². The van der Waals surface area contributed by atoms with E-state index in [1.54, 1.807) is 10.8 Å². The quantitative estimate of drug-likeness (QED) is 0.915. The fraction of sp³-hybridized carbons (Fsp3) is 0.364. The van der Waals surface area contributed by atoms with Gasteiger partial charge in [0, 0.05) is 31.2 Å². The Hall–Kier alpha value is -1.27. The highest BCUT2D eigenvalue weighted by Gasteiger charge is 2.21. The van der Waals surface area contributed by atoms with Gasteiger partial charge < -0.3 is 9.88 Å². The first-order chi connectivity index (χ1) is 8.70. The third-order valence-corrected chi connectivity index (χ3v) is 4.27. The molecule has 18 heavy (non-hydrogen) atoms. The Labute approximate surface area is 114 Å².